The van der Waals surface area contributed by atoms with E-state index in [4.69, 9.17) is 5.11 Å². The molecule has 1 heterocycles. The minimum absolute atomic E-state index is 0.0793. The van der Waals surface area contributed by atoms with Gasteiger partial charge in [-0.25, -0.2) is 14.1 Å². The highest BCUT2D eigenvalue weighted by Gasteiger charge is 2.41. The average molecular weight is 328 g/mol. The SMILES string of the molecule is CC(=O)NC1N=C2C=C(C(=O)O)CC=C2N1S(=O)(=O)N(C)C. The van der Waals surface area contributed by atoms with Crippen molar-refractivity contribution < 1.29 is 23.1 Å². The maximum absolute atomic E-state index is 12.4. The van der Waals surface area contributed by atoms with Gasteiger partial charge in [-0.15, -0.1) is 0 Å². The van der Waals surface area contributed by atoms with Gasteiger partial charge >= 0.3 is 16.2 Å². The normalized spacial score (nSPS) is 21.0. The Morgan fingerprint density at radius 1 is 1.45 bits per heavy atom. The number of carbonyl (C=O) groups is 2. The molecule has 22 heavy (non-hydrogen) atoms. The lowest BCUT2D eigenvalue weighted by molar-refractivity contribution is -0.132. The van der Waals surface area contributed by atoms with Crippen LogP contribution in [0.4, 0.5) is 0 Å². The second-order valence-electron chi connectivity index (χ2n) is 4.94. The molecule has 9 nitrogen and oxygen atoms in total. The van der Waals surface area contributed by atoms with Gasteiger partial charge in [0.2, 0.25) is 12.2 Å². The Balaban J connectivity index is 2.48. The van der Waals surface area contributed by atoms with Crippen LogP contribution in [0.15, 0.2) is 28.4 Å². The molecule has 0 bridgehead atoms. The van der Waals surface area contributed by atoms with Crippen molar-refractivity contribution in [2.24, 2.45) is 4.99 Å². The molecule has 0 spiro atoms. The molecule has 1 unspecified atom stereocenters. The van der Waals surface area contributed by atoms with E-state index in [9.17, 15) is 18.0 Å². The Labute approximate surface area is 127 Å². The van der Waals surface area contributed by atoms with Crippen molar-refractivity contribution in [2.45, 2.75) is 19.6 Å². The van der Waals surface area contributed by atoms with Gasteiger partial charge in [-0.05, 0) is 12.5 Å². The lowest BCUT2D eigenvalue weighted by Gasteiger charge is -2.29. The number of aliphatic imine (C=N–C) groups is 1. The summed E-state index contributed by atoms with van der Waals surface area (Å²) in [7, 11) is -1.16. The van der Waals surface area contributed by atoms with Crippen molar-refractivity contribution in [1.29, 1.82) is 0 Å². The van der Waals surface area contributed by atoms with E-state index in [1.54, 1.807) is 0 Å². The van der Waals surface area contributed by atoms with Crippen LogP contribution < -0.4 is 5.32 Å². The zero-order valence-electron chi connectivity index (χ0n) is 12.3. The molecule has 1 atom stereocenters. The van der Waals surface area contributed by atoms with E-state index >= 15 is 0 Å². The van der Waals surface area contributed by atoms with E-state index in [2.05, 4.69) is 10.3 Å². The number of nitrogens with zero attached hydrogens (tertiary/aromatic N) is 3. The fourth-order valence-corrected chi connectivity index (χ4v) is 3.20. The fraction of sp³-hybridized carbons (Fsp3) is 0.417. The van der Waals surface area contributed by atoms with Gasteiger partial charge in [0.15, 0.2) is 0 Å². The van der Waals surface area contributed by atoms with Crippen molar-refractivity contribution in [3.05, 3.63) is 23.4 Å². The number of carboxylic acids is 1. The van der Waals surface area contributed by atoms with Crippen LogP contribution in [0.5, 0.6) is 0 Å². The summed E-state index contributed by atoms with van der Waals surface area (Å²) in [6, 6.07) is 0. The number of aliphatic carboxylic acids is 1. The monoisotopic (exact) mass is 328 g/mol. The maximum atomic E-state index is 12.4. The standard InChI is InChI=1S/C12H16N4O5S/c1-7(17)13-12-14-9-6-8(11(18)19)4-5-10(9)16(12)22(20,21)15(2)3/h5-6,12H,4H2,1-3H3,(H,13,17)(H,18,19). The summed E-state index contributed by atoms with van der Waals surface area (Å²) in [6.45, 7) is 1.25. The Kier molecular flexibility index (Phi) is 4.07. The van der Waals surface area contributed by atoms with Crippen molar-refractivity contribution >= 4 is 27.8 Å². The Bertz CT molecular complexity index is 720. The molecular formula is C12H16N4O5S. The van der Waals surface area contributed by atoms with Crippen LogP contribution in [0.1, 0.15) is 13.3 Å². The number of hydrogen-bond acceptors (Lipinski definition) is 5. The van der Waals surface area contributed by atoms with E-state index in [0.29, 0.717) is 0 Å². The Morgan fingerprint density at radius 2 is 2.09 bits per heavy atom. The Morgan fingerprint density at radius 3 is 2.59 bits per heavy atom. The van der Waals surface area contributed by atoms with Gasteiger partial charge in [-0.1, -0.05) is 6.08 Å². The second-order valence-corrected chi connectivity index (χ2v) is 6.96. The van der Waals surface area contributed by atoms with Crippen LogP contribution in [-0.4, -0.2) is 60.1 Å². The first-order valence-corrected chi connectivity index (χ1v) is 7.75. The smallest absolute Gasteiger partial charge is 0.331 e. The van der Waals surface area contributed by atoms with Gasteiger partial charge in [0.25, 0.3) is 0 Å². The summed E-state index contributed by atoms with van der Waals surface area (Å²) in [6.07, 6.45) is 1.74. The first-order valence-electron chi connectivity index (χ1n) is 6.35. The van der Waals surface area contributed by atoms with E-state index in [1.165, 1.54) is 33.2 Å². The third-order valence-corrected chi connectivity index (χ3v) is 4.94. The highest BCUT2D eigenvalue weighted by molar-refractivity contribution is 7.86. The maximum Gasteiger partial charge on any atom is 0.331 e. The number of fused-ring (bicyclic) bond motifs is 1. The number of carboxylic acid groups (broad SMARTS) is 1. The summed E-state index contributed by atoms with van der Waals surface area (Å²) in [5.74, 6) is -1.54. The lowest BCUT2D eigenvalue weighted by atomic mass is 10.0. The summed E-state index contributed by atoms with van der Waals surface area (Å²) in [4.78, 5) is 26.4. The topological polar surface area (TPSA) is 119 Å². The van der Waals surface area contributed by atoms with E-state index in [-0.39, 0.29) is 23.4 Å². The van der Waals surface area contributed by atoms with Crippen LogP contribution in [0.25, 0.3) is 0 Å². The molecule has 120 valence electrons. The lowest BCUT2D eigenvalue weighted by Crippen LogP contribution is -2.49. The third-order valence-electron chi connectivity index (χ3n) is 3.13. The Hall–Kier alpha value is -2.20. The van der Waals surface area contributed by atoms with Gasteiger partial charge < -0.3 is 10.4 Å². The number of hydrogen-bond donors (Lipinski definition) is 2. The number of nitrogens with one attached hydrogen (secondary N) is 1. The van der Waals surface area contributed by atoms with E-state index in [1.807, 2.05) is 0 Å². The zero-order chi connectivity index (χ0) is 16.7. The van der Waals surface area contributed by atoms with Crippen LogP contribution >= 0.6 is 0 Å². The zero-order valence-corrected chi connectivity index (χ0v) is 13.1. The van der Waals surface area contributed by atoms with Gasteiger partial charge in [0.1, 0.15) is 0 Å². The summed E-state index contributed by atoms with van der Waals surface area (Å²) >= 11 is 0. The molecule has 0 saturated heterocycles. The fourth-order valence-electron chi connectivity index (χ4n) is 2.08. The molecule has 0 aromatic rings. The summed E-state index contributed by atoms with van der Waals surface area (Å²) in [5.41, 5.74) is 0.582. The molecule has 0 fully saturated rings. The minimum Gasteiger partial charge on any atom is -0.478 e. The van der Waals surface area contributed by atoms with E-state index in [0.717, 1.165) is 8.61 Å². The number of allylic oxidation sites excluding steroid dienone is 2. The molecule has 10 heteroatoms. The minimum atomic E-state index is -3.89. The molecule has 0 aromatic heterocycles. The third kappa shape index (κ3) is 2.74. The average Bonchev–Trinajstić information content (AvgIpc) is 2.74. The van der Waals surface area contributed by atoms with Crippen LogP contribution in [-0.2, 0) is 19.8 Å². The van der Waals surface area contributed by atoms with Crippen LogP contribution in [0.2, 0.25) is 0 Å². The van der Waals surface area contributed by atoms with Crippen molar-refractivity contribution in [3.63, 3.8) is 0 Å². The van der Waals surface area contributed by atoms with Crippen molar-refractivity contribution in [1.82, 2.24) is 13.9 Å². The first kappa shape index (κ1) is 16.2. The molecule has 2 aliphatic rings. The molecule has 1 amide bonds. The van der Waals surface area contributed by atoms with Crippen LogP contribution in [0.3, 0.4) is 0 Å². The molecule has 0 saturated carbocycles. The van der Waals surface area contributed by atoms with Gasteiger partial charge in [0.05, 0.1) is 11.4 Å². The first-order chi connectivity index (χ1) is 10.1. The molecule has 2 rings (SSSR count). The predicted octanol–water partition coefficient (Wildman–Crippen LogP) is -0.732. The van der Waals surface area contributed by atoms with Gasteiger partial charge in [-0.2, -0.15) is 12.7 Å². The molecule has 1 aliphatic heterocycles. The number of carbonyl (C=O) groups excluding carboxylic acids is 1. The number of rotatable bonds is 4. The summed E-state index contributed by atoms with van der Waals surface area (Å²) < 4.78 is 26.9. The predicted molar refractivity (Wildman–Crippen MR) is 77.9 cm³/mol. The largest absolute Gasteiger partial charge is 0.478 e. The quantitative estimate of drug-likeness (QED) is 0.705. The van der Waals surface area contributed by atoms with Gasteiger partial charge in [0, 0.05) is 26.6 Å². The highest BCUT2D eigenvalue weighted by atomic mass is 32.2. The van der Waals surface area contributed by atoms with Crippen molar-refractivity contribution in [2.75, 3.05) is 14.1 Å². The molecule has 1 aliphatic carbocycles. The highest BCUT2D eigenvalue weighted by Crippen LogP contribution is 2.30. The molecule has 0 radical (unpaired) electrons. The summed E-state index contributed by atoms with van der Waals surface area (Å²) in [5, 5.41) is 11.5. The number of amides is 1. The van der Waals surface area contributed by atoms with Gasteiger partial charge in [-0.3, -0.25) is 4.79 Å². The molecular weight excluding hydrogens is 312 g/mol. The van der Waals surface area contributed by atoms with Crippen LogP contribution in [0, 0.1) is 0 Å². The van der Waals surface area contributed by atoms with Crippen molar-refractivity contribution in [3.8, 4) is 0 Å². The van der Waals surface area contributed by atoms with E-state index < -0.39 is 28.4 Å². The molecule has 2 N–H and O–H groups in total. The molecule has 0 aromatic carbocycles. The second kappa shape index (κ2) is 5.54.